The fourth-order valence-corrected chi connectivity index (χ4v) is 2.60. The van der Waals surface area contributed by atoms with Crippen LogP contribution in [0.4, 0.5) is 11.4 Å². The number of anilines is 2. The minimum atomic E-state index is -1.06. The molecule has 2 aromatic rings. The number of aryl methyl sites for hydroxylation is 2. The predicted octanol–water partition coefficient (Wildman–Crippen LogP) is 4.41. The molecule has 0 atom stereocenters. The van der Waals surface area contributed by atoms with Crippen LogP contribution in [0.2, 0.25) is 5.02 Å². The van der Waals surface area contributed by atoms with Gasteiger partial charge in [-0.15, -0.1) is 0 Å². The van der Waals surface area contributed by atoms with Crippen LogP contribution >= 0.6 is 11.6 Å². The van der Waals surface area contributed by atoms with Crippen LogP contribution in [0.15, 0.2) is 30.3 Å². The molecule has 0 saturated heterocycles. The fraction of sp³-hybridized carbons (Fsp3) is 0.188. The molecule has 0 fully saturated rings. The van der Waals surface area contributed by atoms with Gasteiger partial charge in [-0.2, -0.15) is 0 Å². The molecule has 0 aliphatic rings. The van der Waals surface area contributed by atoms with Gasteiger partial charge in [-0.25, -0.2) is 4.79 Å². The number of carboxylic acids is 1. The second-order valence-electron chi connectivity index (χ2n) is 4.74. The molecule has 0 aliphatic heterocycles. The average molecular weight is 306 g/mol. The van der Waals surface area contributed by atoms with Crippen LogP contribution in [-0.2, 0) is 0 Å². The summed E-state index contributed by atoms with van der Waals surface area (Å²) >= 11 is 5.96. The first kappa shape index (κ1) is 15.2. The predicted molar refractivity (Wildman–Crippen MR) is 84.2 cm³/mol. The van der Waals surface area contributed by atoms with Crippen molar-refractivity contribution in [2.75, 3.05) is 12.4 Å². The molecule has 0 saturated carbocycles. The molecule has 110 valence electrons. The van der Waals surface area contributed by atoms with Crippen molar-refractivity contribution in [2.45, 2.75) is 13.8 Å². The number of hydrogen-bond donors (Lipinski definition) is 2. The van der Waals surface area contributed by atoms with Crippen LogP contribution < -0.4 is 10.1 Å². The van der Waals surface area contributed by atoms with Crippen molar-refractivity contribution in [3.8, 4) is 5.75 Å². The summed E-state index contributed by atoms with van der Waals surface area (Å²) in [5.41, 5.74) is 3.25. The van der Waals surface area contributed by atoms with Gasteiger partial charge in [0.1, 0.15) is 11.3 Å². The van der Waals surface area contributed by atoms with Crippen LogP contribution in [0, 0.1) is 13.8 Å². The van der Waals surface area contributed by atoms with E-state index in [4.69, 9.17) is 16.3 Å². The van der Waals surface area contributed by atoms with Gasteiger partial charge in [0.25, 0.3) is 0 Å². The average Bonchev–Trinajstić information content (AvgIpc) is 2.37. The molecule has 0 bridgehead atoms. The van der Waals surface area contributed by atoms with Gasteiger partial charge in [-0.05, 0) is 49.2 Å². The molecule has 0 aliphatic carbocycles. The molecule has 0 unspecified atom stereocenters. The van der Waals surface area contributed by atoms with Crippen molar-refractivity contribution >= 4 is 28.9 Å². The second-order valence-corrected chi connectivity index (χ2v) is 5.14. The zero-order valence-corrected chi connectivity index (χ0v) is 12.8. The summed E-state index contributed by atoms with van der Waals surface area (Å²) in [6.07, 6.45) is 0. The molecular formula is C16H16ClNO3. The molecule has 0 radical (unpaired) electrons. The monoisotopic (exact) mass is 305 g/mol. The molecule has 2 rings (SSSR count). The lowest BCUT2D eigenvalue weighted by molar-refractivity contribution is 0.0698. The Kier molecular flexibility index (Phi) is 4.38. The lowest BCUT2D eigenvalue weighted by atomic mass is 10.1. The van der Waals surface area contributed by atoms with Gasteiger partial charge >= 0.3 is 5.97 Å². The third kappa shape index (κ3) is 3.11. The number of carboxylic acid groups (broad SMARTS) is 1. The number of benzene rings is 2. The van der Waals surface area contributed by atoms with Crippen molar-refractivity contribution in [1.82, 2.24) is 0 Å². The summed E-state index contributed by atoms with van der Waals surface area (Å²) in [4.78, 5) is 11.3. The lowest BCUT2D eigenvalue weighted by Crippen LogP contribution is -2.04. The van der Waals surface area contributed by atoms with Gasteiger partial charge in [0.2, 0.25) is 0 Å². The van der Waals surface area contributed by atoms with Crippen molar-refractivity contribution in [3.63, 3.8) is 0 Å². The molecular weight excluding hydrogens is 290 g/mol. The summed E-state index contributed by atoms with van der Waals surface area (Å²) < 4.78 is 5.32. The van der Waals surface area contributed by atoms with E-state index in [0.29, 0.717) is 5.69 Å². The molecule has 2 N–H and O–H groups in total. The number of hydrogen-bond acceptors (Lipinski definition) is 3. The van der Waals surface area contributed by atoms with Crippen molar-refractivity contribution in [2.24, 2.45) is 0 Å². The molecule has 0 heterocycles. The standard InChI is InChI=1S/C16H16ClNO3/c1-9-7-11(8-10(2)15(9)21-3)18-13-6-4-5-12(17)14(13)16(19)20/h4-8,18H,1-3H3,(H,19,20). The maximum Gasteiger partial charge on any atom is 0.339 e. The quantitative estimate of drug-likeness (QED) is 0.878. The molecule has 5 heteroatoms. The van der Waals surface area contributed by atoms with E-state index in [0.717, 1.165) is 22.6 Å². The number of rotatable bonds is 4. The highest BCUT2D eigenvalue weighted by molar-refractivity contribution is 6.34. The van der Waals surface area contributed by atoms with Crippen LogP contribution in [0.5, 0.6) is 5.75 Å². The fourth-order valence-electron chi connectivity index (χ4n) is 2.35. The largest absolute Gasteiger partial charge is 0.496 e. The molecule has 2 aromatic carbocycles. The third-order valence-corrected chi connectivity index (χ3v) is 3.49. The number of nitrogens with one attached hydrogen (secondary N) is 1. The Hall–Kier alpha value is -2.20. The van der Waals surface area contributed by atoms with Crippen molar-refractivity contribution in [1.29, 1.82) is 0 Å². The Morgan fingerprint density at radius 3 is 2.38 bits per heavy atom. The zero-order valence-electron chi connectivity index (χ0n) is 12.0. The van der Waals surface area contributed by atoms with Gasteiger partial charge in [0, 0.05) is 5.69 Å². The number of halogens is 1. The smallest absolute Gasteiger partial charge is 0.339 e. The van der Waals surface area contributed by atoms with Gasteiger partial charge in [0.05, 0.1) is 17.8 Å². The van der Waals surface area contributed by atoms with Gasteiger partial charge in [0.15, 0.2) is 0 Å². The normalized spacial score (nSPS) is 10.3. The van der Waals surface area contributed by atoms with E-state index in [1.165, 1.54) is 0 Å². The maximum absolute atomic E-state index is 11.3. The van der Waals surface area contributed by atoms with Gasteiger partial charge in [-0.3, -0.25) is 0 Å². The van der Waals surface area contributed by atoms with Crippen molar-refractivity contribution < 1.29 is 14.6 Å². The van der Waals surface area contributed by atoms with Crippen LogP contribution in [-0.4, -0.2) is 18.2 Å². The first-order valence-electron chi connectivity index (χ1n) is 6.38. The van der Waals surface area contributed by atoms with Gasteiger partial charge in [-0.1, -0.05) is 17.7 Å². The second kappa shape index (κ2) is 6.06. The van der Waals surface area contributed by atoms with E-state index in [9.17, 15) is 9.90 Å². The minimum Gasteiger partial charge on any atom is -0.496 e. The summed E-state index contributed by atoms with van der Waals surface area (Å²) in [7, 11) is 1.63. The molecule has 21 heavy (non-hydrogen) atoms. The highest BCUT2D eigenvalue weighted by Crippen LogP contribution is 2.31. The van der Waals surface area contributed by atoms with Crippen LogP contribution in [0.3, 0.4) is 0 Å². The highest BCUT2D eigenvalue weighted by Gasteiger charge is 2.15. The summed E-state index contributed by atoms with van der Waals surface area (Å²) in [5, 5.41) is 12.6. The van der Waals surface area contributed by atoms with E-state index >= 15 is 0 Å². The Morgan fingerprint density at radius 1 is 1.24 bits per heavy atom. The summed E-state index contributed by atoms with van der Waals surface area (Å²) in [5.74, 6) is -0.241. The van der Waals surface area contributed by atoms with E-state index in [-0.39, 0.29) is 10.6 Å². The summed E-state index contributed by atoms with van der Waals surface area (Å²) in [6.45, 7) is 3.88. The Bertz CT molecular complexity index is 675. The topological polar surface area (TPSA) is 58.6 Å². The summed E-state index contributed by atoms with van der Waals surface area (Å²) in [6, 6.07) is 8.75. The van der Waals surface area contributed by atoms with E-state index < -0.39 is 5.97 Å². The number of methoxy groups -OCH3 is 1. The Labute approximate surface area is 128 Å². The molecule has 4 nitrogen and oxygen atoms in total. The van der Waals surface area contributed by atoms with E-state index in [2.05, 4.69) is 5.32 Å². The molecule has 0 spiro atoms. The van der Waals surface area contributed by atoms with Crippen molar-refractivity contribution in [3.05, 3.63) is 52.0 Å². The number of carbonyl (C=O) groups is 1. The minimum absolute atomic E-state index is 0.0605. The molecule has 0 aromatic heterocycles. The Morgan fingerprint density at radius 2 is 1.86 bits per heavy atom. The van der Waals surface area contributed by atoms with Crippen LogP contribution in [0.25, 0.3) is 0 Å². The lowest BCUT2D eigenvalue weighted by Gasteiger charge is -2.14. The first-order valence-corrected chi connectivity index (χ1v) is 6.76. The molecule has 0 amide bonds. The third-order valence-electron chi connectivity index (χ3n) is 3.17. The number of ether oxygens (including phenoxy) is 1. The maximum atomic E-state index is 11.3. The first-order chi connectivity index (χ1) is 9.93. The SMILES string of the molecule is COc1c(C)cc(Nc2cccc(Cl)c2C(=O)O)cc1C. The van der Waals surface area contributed by atoms with E-state index in [1.54, 1.807) is 25.3 Å². The zero-order chi connectivity index (χ0) is 15.6. The van der Waals surface area contributed by atoms with E-state index in [1.807, 2.05) is 26.0 Å². The highest BCUT2D eigenvalue weighted by atomic mass is 35.5. The Balaban J connectivity index is 2.44. The number of aromatic carboxylic acids is 1. The van der Waals surface area contributed by atoms with Gasteiger partial charge < -0.3 is 15.2 Å². The van der Waals surface area contributed by atoms with Crippen LogP contribution in [0.1, 0.15) is 21.5 Å².